The number of allylic oxidation sites excluding steroid dienone is 2. The van der Waals surface area contributed by atoms with E-state index in [0.29, 0.717) is 11.5 Å². The van der Waals surface area contributed by atoms with Crippen molar-refractivity contribution in [3.8, 4) is 0 Å². The highest BCUT2D eigenvalue weighted by atomic mass is 79.9. The number of hydrazone groups is 1. The van der Waals surface area contributed by atoms with E-state index in [4.69, 9.17) is 0 Å². The van der Waals surface area contributed by atoms with Crippen molar-refractivity contribution in [2.75, 3.05) is 0 Å². The maximum atomic E-state index is 11.9. The summed E-state index contributed by atoms with van der Waals surface area (Å²) in [5, 5.41) is 4.01. The molecule has 4 heteroatoms. The summed E-state index contributed by atoms with van der Waals surface area (Å²) in [5.74, 6) is 0.362. The van der Waals surface area contributed by atoms with Crippen molar-refractivity contribution in [2.24, 2.45) is 11.0 Å². The monoisotopic (exact) mass is 350 g/mol. The highest BCUT2D eigenvalue weighted by Crippen LogP contribution is 2.15. The van der Waals surface area contributed by atoms with Crippen LogP contribution in [0.1, 0.15) is 50.4 Å². The smallest absolute Gasteiger partial charge is 0.267 e. The van der Waals surface area contributed by atoms with Crippen LogP contribution in [-0.2, 0) is 0 Å². The third kappa shape index (κ3) is 7.23. The number of nitrogens with one attached hydrogen (secondary N) is 1. The molecule has 0 aromatic heterocycles. The van der Waals surface area contributed by atoms with Gasteiger partial charge in [0.05, 0.1) is 5.56 Å². The summed E-state index contributed by atoms with van der Waals surface area (Å²) in [6.07, 6.45) is 7.13. The number of nitrogens with zero attached hydrogens (tertiary/aromatic N) is 1. The van der Waals surface area contributed by atoms with E-state index in [1.54, 1.807) is 12.3 Å². The molecule has 21 heavy (non-hydrogen) atoms. The van der Waals surface area contributed by atoms with E-state index in [9.17, 15) is 4.79 Å². The highest BCUT2D eigenvalue weighted by Gasteiger charge is 2.07. The third-order valence-electron chi connectivity index (χ3n) is 3.10. The Morgan fingerprint density at radius 3 is 2.76 bits per heavy atom. The van der Waals surface area contributed by atoms with Crippen LogP contribution in [0, 0.1) is 5.92 Å². The minimum Gasteiger partial charge on any atom is -0.267 e. The van der Waals surface area contributed by atoms with Crippen molar-refractivity contribution >= 4 is 28.1 Å². The molecule has 1 atom stereocenters. The summed E-state index contributed by atoms with van der Waals surface area (Å²) in [6.45, 7) is 6.42. The number of halogens is 1. The predicted molar refractivity (Wildman–Crippen MR) is 92.5 cm³/mol. The largest absolute Gasteiger partial charge is 0.272 e. The molecule has 0 heterocycles. The molecule has 114 valence electrons. The second kappa shape index (κ2) is 9.50. The van der Waals surface area contributed by atoms with Crippen LogP contribution in [0.2, 0.25) is 0 Å². The van der Waals surface area contributed by atoms with Crippen LogP contribution in [0.15, 0.2) is 45.5 Å². The summed E-state index contributed by atoms with van der Waals surface area (Å²) in [7, 11) is 0. The first-order chi connectivity index (χ1) is 10.0. The molecule has 1 amide bonds. The van der Waals surface area contributed by atoms with Gasteiger partial charge < -0.3 is 0 Å². The van der Waals surface area contributed by atoms with Crippen LogP contribution in [0.5, 0.6) is 0 Å². The average molecular weight is 351 g/mol. The van der Waals surface area contributed by atoms with Crippen LogP contribution >= 0.6 is 15.9 Å². The Hall–Kier alpha value is -1.42. The van der Waals surface area contributed by atoms with Crippen molar-refractivity contribution in [2.45, 2.75) is 40.0 Å². The Labute approximate surface area is 135 Å². The first-order valence-electron chi connectivity index (χ1n) is 7.20. The Balaban J connectivity index is 2.33. The van der Waals surface area contributed by atoms with Gasteiger partial charge in [0.15, 0.2) is 0 Å². The minimum atomic E-state index is -0.198. The van der Waals surface area contributed by atoms with E-state index in [0.717, 1.165) is 23.7 Å². The Kier molecular flexibility index (Phi) is 7.98. The summed E-state index contributed by atoms with van der Waals surface area (Å²) in [5.41, 5.74) is 4.51. The highest BCUT2D eigenvalue weighted by molar-refractivity contribution is 9.10. The van der Waals surface area contributed by atoms with E-state index in [1.165, 1.54) is 5.57 Å². The van der Waals surface area contributed by atoms with Crippen molar-refractivity contribution < 1.29 is 4.79 Å². The summed E-state index contributed by atoms with van der Waals surface area (Å²) in [4.78, 5) is 11.9. The zero-order chi connectivity index (χ0) is 15.7. The predicted octanol–water partition coefficient (Wildman–Crippen LogP) is 4.94. The Bertz CT molecular complexity index is 519. The zero-order valence-electron chi connectivity index (χ0n) is 12.9. The van der Waals surface area contributed by atoms with Crippen LogP contribution in [0.4, 0.5) is 0 Å². The summed E-state index contributed by atoms with van der Waals surface area (Å²) >= 11 is 3.35. The maximum absolute atomic E-state index is 11.9. The third-order valence-corrected chi connectivity index (χ3v) is 3.79. The molecule has 1 N–H and O–H groups in total. The molecular formula is C17H23BrN2O. The van der Waals surface area contributed by atoms with Crippen LogP contribution < -0.4 is 5.43 Å². The lowest BCUT2D eigenvalue weighted by Gasteiger charge is -2.06. The molecule has 0 aliphatic carbocycles. The number of hydrogen-bond donors (Lipinski definition) is 1. The normalized spacial score (nSPS) is 12.2. The van der Waals surface area contributed by atoms with Crippen molar-refractivity contribution in [1.29, 1.82) is 0 Å². The first-order valence-corrected chi connectivity index (χ1v) is 7.99. The quantitative estimate of drug-likeness (QED) is 0.422. The number of carbonyl (C=O) groups is 1. The zero-order valence-corrected chi connectivity index (χ0v) is 14.5. The molecule has 0 spiro atoms. The Morgan fingerprint density at radius 1 is 1.38 bits per heavy atom. The lowest BCUT2D eigenvalue weighted by atomic mass is 10.0. The fraction of sp³-hybridized carbons (Fsp3) is 0.412. The number of hydrogen-bond acceptors (Lipinski definition) is 2. The molecule has 1 aromatic rings. The topological polar surface area (TPSA) is 41.5 Å². The number of carbonyl (C=O) groups excluding carboxylic acids is 1. The number of rotatable bonds is 7. The summed E-state index contributed by atoms with van der Waals surface area (Å²) < 4.78 is 0.771. The van der Waals surface area contributed by atoms with Crippen LogP contribution in [-0.4, -0.2) is 12.1 Å². The second-order valence-electron chi connectivity index (χ2n) is 5.43. The fourth-order valence-corrected chi connectivity index (χ4v) is 2.28. The molecule has 0 radical (unpaired) electrons. The molecular weight excluding hydrogens is 328 g/mol. The molecule has 0 aliphatic heterocycles. The van der Waals surface area contributed by atoms with Gasteiger partial charge in [0.25, 0.3) is 5.91 Å². The molecule has 0 unspecified atom stereocenters. The lowest BCUT2D eigenvalue weighted by molar-refractivity contribution is 0.0954. The van der Waals surface area contributed by atoms with E-state index in [2.05, 4.69) is 53.3 Å². The van der Waals surface area contributed by atoms with Gasteiger partial charge in [0.2, 0.25) is 0 Å². The van der Waals surface area contributed by atoms with Gasteiger partial charge in [-0.2, -0.15) is 5.10 Å². The molecule has 0 aliphatic rings. The maximum Gasteiger partial charge on any atom is 0.272 e. The SMILES string of the molecule is CC(C)=CCC[C@@H](C)C/C=N\NC(=O)c1ccccc1Br. The molecule has 1 aromatic carbocycles. The Morgan fingerprint density at radius 2 is 2.10 bits per heavy atom. The van der Waals surface area contributed by atoms with E-state index in [-0.39, 0.29) is 5.91 Å². The number of amides is 1. The van der Waals surface area contributed by atoms with Gasteiger partial charge >= 0.3 is 0 Å². The van der Waals surface area contributed by atoms with E-state index in [1.807, 2.05) is 18.2 Å². The van der Waals surface area contributed by atoms with Crippen molar-refractivity contribution in [3.05, 3.63) is 46.0 Å². The fourth-order valence-electron chi connectivity index (χ4n) is 1.82. The average Bonchev–Trinajstić information content (AvgIpc) is 2.43. The van der Waals surface area contributed by atoms with Gasteiger partial charge in [-0.1, -0.05) is 30.7 Å². The van der Waals surface area contributed by atoms with Crippen LogP contribution in [0.3, 0.4) is 0 Å². The number of benzene rings is 1. The second-order valence-corrected chi connectivity index (χ2v) is 6.29. The van der Waals surface area contributed by atoms with Gasteiger partial charge in [-0.3, -0.25) is 4.79 Å². The van der Waals surface area contributed by atoms with Crippen molar-refractivity contribution in [1.82, 2.24) is 5.43 Å². The molecule has 0 saturated carbocycles. The molecule has 0 fully saturated rings. The van der Waals surface area contributed by atoms with E-state index < -0.39 is 0 Å². The van der Waals surface area contributed by atoms with Crippen molar-refractivity contribution in [3.63, 3.8) is 0 Å². The van der Waals surface area contributed by atoms with Gasteiger partial charge in [-0.05, 0) is 67.1 Å². The molecule has 3 nitrogen and oxygen atoms in total. The van der Waals surface area contributed by atoms with Gasteiger partial charge in [0.1, 0.15) is 0 Å². The first kappa shape index (κ1) is 17.6. The van der Waals surface area contributed by atoms with Gasteiger partial charge in [0, 0.05) is 10.7 Å². The lowest BCUT2D eigenvalue weighted by Crippen LogP contribution is -2.18. The standard InChI is InChI=1S/C17H23BrN2O/c1-13(2)7-6-8-14(3)11-12-19-20-17(21)15-9-4-5-10-16(15)18/h4-5,7,9-10,12,14H,6,8,11H2,1-3H3,(H,20,21)/b19-12-/t14-/m1/s1. The van der Waals surface area contributed by atoms with Gasteiger partial charge in [-0.15, -0.1) is 0 Å². The molecule has 0 saturated heterocycles. The summed E-state index contributed by atoms with van der Waals surface area (Å²) in [6, 6.07) is 7.30. The minimum absolute atomic E-state index is 0.198. The molecule has 0 bridgehead atoms. The van der Waals surface area contributed by atoms with Crippen LogP contribution in [0.25, 0.3) is 0 Å². The van der Waals surface area contributed by atoms with E-state index >= 15 is 0 Å². The molecule has 1 rings (SSSR count). The van der Waals surface area contributed by atoms with Gasteiger partial charge in [-0.25, -0.2) is 5.43 Å².